The van der Waals surface area contributed by atoms with E-state index in [0.717, 1.165) is 0 Å². The maximum atomic E-state index is 11.3. The van der Waals surface area contributed by atoms with Gasteiger partial charge >= 0.3 is 0 Å². The number of nitrogen functional groups attached to an aromatic ring is 1. The molecule has 0 fully saturated rings. The predicted molar refractivity (Wildman–Crippen MR) is 50.2 cm³/mol. The molecule has 1 rings (SSSR count). The number of anilines is 1. The number of nitrogens with two attached hydrogens (primary N) is 1. The lowest BCUT2D eigenvalue weighted by Gasteiger charge is -2.00. The summed E-state index contributed by atoms with van der Waals surface area (Å²) in [6, 6.07) is 6.65. The molecule has 0 radical (unpaired) electrons. The highest BCUT2D eigenvalue weighted by Crippen LogP contribution is 2.12. The summed E-state index contributed by atoms with van der Waals surface area (Å²) in [7, 11) is 0. The number of benzene rings is 1. The molecule has 3 nitrogen and oxygen atoms in total. The smallest absolute Gasteiger partial charge is 0.162 e. The van der Waals surface area contributed by atoms with E-state index >= 15 is 0 Å². The summed E-state index contributed by atoms with van der Waals surface area (Å²) >= 11 is 0. The van der Waals surface area contributed by atoms with Gasteiger partial charge in [-0.1, -0.05) is 6.92 Å². The van der Waals surface area contributed by atoms with E-state index in [1.807, 2.05) is 6.07 Å². The van der Waals surface area contributed by atoms with Crippen molar-refractivity contribution >= 4 is 11.5 Å². The summed E-state index contributed by atoms with van der Waals surface area (Å²) in [5, 5.41) is 8.62. The van der Waals surface area contributed by atoms with E-state index < -0.39 is 0 Å². The number of ketones is 1. The first-order chi connectivity index (χ1) is 6.17. The van der Waals surface area contributed by atoms with Gasteiger partial charge in [0.1, 0.15) is 0 Å². The monoisotopic (exact) mass is 174 g/mol. The van der Waals surface area contributed by atoms with Crippen molar-refractivity contribution in [3.8, 4) is 6.07 Å². The zero-order valence-corrected chi connectivity index (χ0v) is 7.37. The molecule has 0 spiro atoms. The molecule has 0 unspecified atom stereocenters. The third-order valence-corrected chi connectivity index (χ3v) is 1.73. The minimum atomic E-state index is 0.00352. The van der Waals surface area contributed by atoms with Crippen molar-refractivity contribution in [2.75, 3.05) is 5.73 Å². The van der Waals surface area contributed by atoms with Gasteiger partial charge in [0.2, 0.25) is 0 Å². The molecule has 13 heavy (non-hydrogen) atoms. The van der Waals surface area contributed by atoms with E-state index in [1.165, 1.54) is 0 Å². The molecular weight excluding hydrogens is 164 g/mol. The fourth-order valence-electron chi connectivity index (χ4n) is 1.08. The largest absolute Gasteiger partial charge is 0.399 e. The van der Waals surface area contributed by atoms with Crippen LogP contribution in [0.25, 0.3) is 0 Å². The van der Waals surface area contributed by atoms with E-state index in [4.69, 9.17) is 11.0 Å². The Labute approximate surface area is 76.8 Å². The van der Waals surface area contributed by atoms with Gasteiger partial charge in [-0.2, -0.15) is 5.26 Å². The highest BCUT2D eigenvalue weighted by Gasteiger charge is 2.05. The molecule has 1 aromatic carbocycles. The van der Waals surface area contributed by atoms with E-state index in [9.17, 15) is 4.79 Å². The van der Waals surface area contributed by atoms with Gasteiger partial charge in [-0.15, -0.1) is 0 Å². The topological polar surface area (TPSA) is 66.9 Å². The summed E-state index contributed by atoms with van der Waals surface area (Å²) in [4.78, 5) is 11.3. The van der Waals surface area contributed by atoms with Crippen molar-refractivity contribution in [1.82, 2.24) is 0 Å². The Hall–Kier alpha value is -1.82. The fraction of sp³-hybridized carbons (Fsp3) is 0.200. The van der Waals surface area contributed by atoms with Gasteiger partial charge in [0, 0.05) is 17.7 Å². The predicted octanol–water partition coefficient (Wildman–Crippen LogP) is 1.73. The Morgan fingerprint density at radius 2 is 2.23 bits per heavy atom. The van der Waals surface area contributed by atoms with Crippen molar-refractivity contribution in [2.24, 2.45) is 0 Å². The number of rotatable bonds is 2. The molecule has 0 atom stereocenters. The fourth-order valence-corrected chi connectivity index (χ4v) is 1.08. The highest BCUT2D eigenvalue weighted by molar-refractivity contribution is 5.97. The number of carbonyl (C=O) groups excluding carboxylic acids is 1. The molecule has 0 aromatic heterocycles. The van der Waals surface area contributed by atoms with Crippen LogP contribution in [0.1, 0.15) is 29.3 Å². The molecule has 3 heteroatoms. The lowest BCUT2D eigenvalue weighted by molar-refractivity contribution is 0.0988. The van der Waals surface area contributed by atoms with E-state index in [0.29, 0.717) is 23.2 Å². The Bertz CT molecular complexity index is 377. The van der Waals surface area contributed by atoms with Gasteiger partial charge in [-0.3, -0.25) is 4.79 Å². The van der Waals surface area contributed by atoms with Crippen LogP contribution in [0.2, 0.25) is 0 Å². The second-order valence-electron chi connectivity index (χ2n) is 2.73. The molecule has 0 aliphatic carbocycles. The lowest BCUT2D eigenvalue weighted by Crippen LogP contribution is -1.99. The van der Waals surface area contributed by atoms with Gasteiger partial charge in [-0.25, -0.2) is 0 Å². The maximum Gasteiger partial charge on any atom is 0.162 e. The van der Waals surface area contributed by atoms with E-state index in [-0.39, 0.29) is 5.78 Å². The van der Waals surface area contributed by atoms with Crippen LogP contribution in [-0.4, -0.2) is 5.78 Å². The first-order valence-electron chi connectivity index (χ1n) is 4.01. The minimum Gasteiger partial charge on any atom is -0.399 e. The Balaban J connectivity index is 3.17. The van der Waals surface area contributed by atoms with Gasteiger partial charge in [0.15, 0.2) is 5.78 Å². The molecule has 0 amide bonds. The molecule has 0 saturated heterocycles. The van der Waals surface area contributed by atoms with Gasteiger partial charge in [-0.05, 0) is 18.2 Å². The molecule has 66 valence electrons. The Morgan fingerprint density at radius 1 is 1.54 bits per heavy atom. The summed E-state index contributed by atoms with van der Waals surface area (Å²) in [6.07, 6.45) is 0.425. The Kier molecular flexibility index (Phi) is 2.65. The molecule has 0 saturated carbocycles. The SMILES string of the molecule is CCC(=O)c1cc(N)cc(C#N)c1. The highest BCUT2D eigenvalue weighted by atomic mass is 16.1. The molecule has 0 heterocycles. The van der Waals surface area contributed by atoms with Crippen LogP contribution in [0.4, 0.5) is 5.69 Å². The number of nitriles is 1. The molecule has 2 N–H and O–H groups in total. The average Bonchev–Trinajstić information content (AvgIpc) is 2.15. The normalized spacial score (nSPS) is 9.23. The number of hydrogen-bond donors (Lipinski definition) is 1. The maximum absolute atomic E-state index is 11.3. The van der Waals surface area contributed by atoms with Gasteiger partial charge in [0.25, 0.3) is 0 Å². The zero-order valence-electron chi connectivity index (χ0n) is 7.37. The number of nitrogens with zero attached hydrogens (tertiary/aromatic N) is 1. The van der Waals surface area contributed by atoms with Crippen molar-refractivity contribution in [3.05, 3.63) is 29.3 Å². The van der Waals surface area contributed by atoms with Crippen molar-refractivity contribution in [2.45, 2.75) is 13.3 Å². The summed E-state index contributed by atoms with van der Waals surface area (Å²) in [6.45, 7) is 1.78. The van der Waals surface area contributed by atoms with Crippen molar-refractivity contribution < 1.29 is 4.79 Å². The summed E-state index contributed by atoms with van der Waals surface area (Å²) in [5.41, 5.74) is 6.92. The molecule has 0 aliphatic rings. The lowest BCUT2D eigenvalue weighted by atomic mass is 10.1. The quantitative estimate of drug-likeness (QED) is 0.548. The number of hydrogen-bond acceptors (Lipinski definition) is 3. The number of Topliss-reactive ketones (excluding diaryl/α,β-unsaturated/α-hetero) is 1. The van der Waals surface area contributed by atoms with Crippen LogP contribution >= 0.6 is 0 Å². The van der Waals surface area contributed by atoms with Crippen LogP contribution in [-0.2, 0) is 0 Å². The van der Waals surface area contributed by atoms with E-state index in [2.05, 4.69) is 0 Å². The van der Waals surface area contributed by atoms with E-state index in [1.54, 1.807) is 25.1 Å². The van der Waals surface area contributed by atoms with Crippen molar-refractivity contribution in [3.63, 3.8) is 0 Å². The van der Waals surface area contributed by atoms with Gasteiger partial charge in [0.05, 0.1) is 11.6 Å². The molecular formula is C10H10N2O. The second-order valence-corrected chi connectivity index (χ2v) is 2.73. The van der Waals surface area contributed by atoms with Crippen LogP contribution in [0.5, 0.6) is 0 Å². The minimum absolute atomic E-state index is 0.00352. The van der Waals surface area contributed by atoms with Crippen LogP contribution in [0, 0.1) is 11.3 Å². The molecule has 0 bridgehead atoms. The zero-order chi connectivity index (χ0) is 9.84. The third kappa shape index (κ3) is 2.06. The molecule has 1 aromatic rings. The van der Waals surface area contributed by atoms with Crippen LogP contribution in [0.15, 0.2) is 18.2 Å². The van der Waals surface area contributed by atoms with Crippen LogP contribution in [0.3, 0.4) is 0 Å². The third-order valence-electron chi connectivity index (χ3n) is 1.73. The Morgan fingerprint density at radius 3 is 2.77 bits per heavy atom. The number of carbonyl (C=O) groups is 1. The molecule has 0 aliphatic heterocycles. The van der Waals surface area contributed by atoms with Gasteiger partial charge < -0.3 is 5.73 Å². The van der Waals surface area contributed by atoms with Crippen molar-refractivity contribution in [1.29, 1.82) is 5.26 Å². The summed E-state index contributed by atoms with van der Waals surface area (Å²) in [5.74, 6) is 0.00352. The first-order valence-corrected chi connectivity index (χ1v) is 4.01. The second kappa shape index (κ2) is 3.72. The average molecular weight is 174 g/mol. The van der Waals surface area contributed by atoms with Crippen LogP contribution < -0.4 is 5.73 Å². The summed E-state index contributed by atoms with van der Waals surface area (Å²) < 4.78 is 0. The standard InChI is InChI=1S/C10H10N2O/c1-2-10(13)8-3-7(6-11)4-9(12)5-8/h3-5H,2,12H2,1H3. The first kappa shape index (κ1) is 9.27.